The van der Waals surface area contributed by atoms with Crippen molar-refractivity contribution in [1.29, 1.82) is 0 Å². The molecular formula is C80H88BBrN6O11. The van der Waals surface area contributed by atoms with E-state index in [0.717, 1.165) is 116 Å². The van der Waals surface area contributed by atoms with Gasteiger partial charge in [0.25, 0.3) is 0 Å². The van der Waals surface area contributed by atoms with Gasteiger partial charge in [0, 0.05) is 77.0 Å². The summed E-state index contributed by atoms with van der Waals surface area (Å²) in [6.07, 6.45) is 7.84. The third-order valence-electron chi connectivity index (χ3n) is 18.7. The smallest absolute Gasteiger partial charge is 0.496 e. The fraction of sp³-hybridized carbons (Fsp3) is 0.325. The molecule has 9 aromatic rings. The van der Waals surface area contributed by atoms with Crippen molar-refractivity contribution in [1.82, 2.24) is 15.0 Å². The zero-order valence-electron chi connectivity index (χ0n) is 58.4. The quantitative estimate of drug-likeness (QED) is 0.0389. The van der Waals surface area contributed by atoms with Gasteiger partial charge in [-0.25, -0.2) is 15.0 Å². The number of carboxylic acids is 1. The molecule has 0 amide bonds. The number of aliphatic carboxylic acids is 1. The van der Waals surface area contributed by atoms with E-state index in [9.17, 15) is 19.5 Å². The highest BCUT2D eigenvalue weighted by atomic mass is 79.9. The Balaban J connectivity index is 0.000000146. The van der Waals surface area contributed by atoms with E-state index in [1.807, 2.05) is 97.5 Å². The van der Waals surface area contributed by atoms with Crippen LogP contribution in [0.1, 0.15) is 115 Å². The van der Waals surface area contributed by atoms with Crippen molar-refractivity contribution < 1.29 is 52.5 Å². The number of pyridine rings is 3. The summed E-state index contributed by atoms with van der Waals surface area (Å²) in [6, 6.07) is 55.1. The Morgan fingerprint density at radius 3 is 1.18 bits per heavy atom. The maximum Gasteiger partial charge on any atom is 0.496 e. The number of nitrogens with zero attached hydrogens (tertiary/aromatic N) is 3. The van der Waals surface area contributed by atoms with Crippen LogP contribution in [0.4, 0.5) is 17.5 Å². The molecule has 3 aromatic heterocycles. The Bertz CT molecular complexity index is 4250. The summed E-state index contributed by atoms with van der Waals surface area (Å²) in [4.78, 5) is 48.1. The van der Waals surface area contributed by atoms with Gasteiger partial charge < -0.3 is 54.0 Å². The molecular weight excluding hydrogens is 1310 g/mol. The molecule has 99 heavy (non-hydrogen) atoms. The van der Waals surface area contributed by atoms with Gasteiger partial charge in [-0.1, -0.05) is 124 Å². The van der Waals surface area contributed by atoms with Gasteiger partial charge in [-0.3, -0.25) is 14.4 Å². The number of esters is 2. The highest BCUT2D eigenvalue weighted by Gasteiger charge is 2.52. The van der Waals surface area contributed by atoms with Crippen molar-refractivity contribution in [3.05, 3.63) is 237 Å². The number of hydrogen-bond acceptors (Lipinski definition) is 16. The molecule has 3 aliphatic carbocycles. The lowest BCUT2D eigenvalue weighted by Gasteiger charge is -2.32. The first-order valence-corrected chi connectivity index (χ1v) is 34.1. The lowest BCUT2D eigenvalue weighted by molar-refractivity contribution is -0.143. The zero-order valence-corrected chi connectivity index (χ0v) is 59.9. The van der Waals surface area contributed by atoms with Gasteiger partial charge in [0.15, 0.2) is 0 Å². The number of aryl methyl sites for hydroxylation is 3. The summed E-state index contributed by atoms with van der Waals surface area (Å²) in [7, 11) is 7.41. The molecule has 1 aliphatic heterocycles. The molecule has 4 aliphatic rings. The first-order chi connectivity index (χ1) is 47.6. The number of carbonyl (C=O) groups is 3. The standard InChI is InChI=1S/C25H26N2O3.C24H24N2O3.C19H25BN2O2.C12H13BrO3/c1-16-5-4-6-17(11-16)14-26-24-10-8-19(15-27-24)18-7-9-23(29-2)21(12-18)20-13-22(20)25(28)30-3;1-15-4-3-5-16(10-15)13-25-23-9-7-18(14-26-23)17-6-8-22(29-2)20(11-17)19-12-21(19)24(27)28;1-14-7-6-8-15(11-14)12-21-17-10-9-16(13-22-17)20-23-18(2,3)19(4,5)24-20;1-15-11-4-3-7(13)5-9(11)8-6-10(8)12(14)16-2/h4-12,15,20,22H,13-14H2,1-3H3,(H,26,27);3-11,14,19,21H,12-13H2,1-2H3,(H,25,26)(H,27,28);6-11,13H,12H2,1-5H3,(H,21,22);3-5,8,10H,6H2,1-2H3. The molecule has 0 bridgehead atoms. The molecule has 6 unspecified atom stereocenters. The van der Waals surface area contributed by atoms with E-state index >= 15 is 0 Å². The van der Waals surface area contributed by atoms with Crippen molar-refractivity contribution in [2.45, 2.75) is 116 Å². The van der Waals surface area contributed by atoms with Crippen LogP contribution in [0, 0.1) is 38.5 Å². The monoisotopic (exact) mass is 1400 g/mol. The van der Waals surface area contributed by atoms with Crippen LogP contribution in [0.5, 0.6) is 17.2 Å². The molecule has 4 heterocycles. The minimum atomic E-state index is -0.742. The van der Waals surface area contributed by atoms with Crippen LogP contribution < -0.4 is 35.6 Å². The predicted molar refractivity (Wildman–Crippen MR) is 393 cm³/mol. The fourth-order valence-electron chi connectivity index (χ4n) is 12.1. The Morgan fingerprint density at radius 2 is 0.838 bits per heavy atom. The molecule has 13 rings (SSSR count). The average molecular weight is 1400 g/mol. The number of carboxylic acid groups (broad SMARTS) is 1. The number of aromatic nitrogens is 3. The number of benzene rings is 6. The summed E-state index contributed by atoms with van der Waals surface area (Å²) in [5.41, 5.74) is 14.9. The minimum absolute atomic E-state index is 0.00630. The van der Waals surface area contributed by atoms with Gasteiger partial charge in [0.1, 0.15) is 34.7 Å². The second-order valence-electron chi connectivity index (χ2n) is 26.5. The molecule has 4 fully saturated rings. The van der Waals surface area contributed by atoms with Crippen molar-refractivity contribution in [3.63, 3.8) is 0 Å². The second-order valence-corrected chi connectivity index (χ2v) is 27.4. The molecule has 4 N–H and O–H groups in total. The Kier molecular flexibility index (Phi) is 23.6. The van der Waals surface area contributed by atoms with E-state index in [1.165, 1.54) is 47.6 Å². The molecule has 1 saturated heterocycles. The molecule has 17 nitrogen and oxygen atoms in total. The third-order valence-corrected chi connectivity index (χ3v) is 19.2. The number of halogens is 1. The van der Waals surface area contributed by atoms with Gasteiger partial charge in [-0.15, -0.1) is 0 Å². The molecule has 6 atom stereocenters. The first kappa shape index (κ1) is 72.2. The van der Waals surface area contributed by atoms with Crippen LogP contribution in [-0.2, 0) is 52.8 Å². The minimum Gasteiger partial charge on any atom is -0.496 e. The highest BCUT2D eigenvalue weighted by molar-refractivity contribution is 9.10. The largest absolute Gasteiger partial charge is 0.496 e. The van der Waals surface area contributed by atoms with Crippen LogP contribution in [-0.4, -0.2) is 91.8 Å². The van der Waals surface area contributed by atoms with E-state index in [4.69, 9.17) is 33.0 Å². The number of rotatable bonds is 21. The number of hydrogen-bond donors (Lipinski definition) is 4. The second kappa shape index (κ2) is 32.4. The molecule has 0 radical (unpaired) electrons. The van der Waals surface area contributed by atoms with Gasteiger partial charge in [0.05, 0.1) is 64.5 Å². The van der Waals surface area contributed by atoms with Crippen LogP contribution in [0.15, 0.2) is 187 Å². The summed E-state index contributed by atoms with van der Waals surface area (Å²) in [5.74, 6) is 3.85. The van der Waals surface area contributed by atoms with E-state index in [-0.39, 0.29) is 65.8 Å². The number of anilines is 3. The van der Waals surface area contributed by atoms with E-state index in [0.29, 0.717) is 6.42 Å². The van der Waals surface area contributed by atoms with Gasteiger partial charge in [-0.05, 0) is 185 Å². The molecule has 6 aromatic carbocycles. The Morgan fingerprint density at radius 1 is 0.475 bits per heavy atom. The summed E-state index contributed by atoms with van der Waals surface area (Å²) < 4.78 is 39.0. The Hall–Kier alpha value is -9.56. The van der Waals surface area contributed by atoms with E-state index in [1.54, 1.807) is 21.3 Å². The van der Waals surface area contributed by atoms with Crippen LogP contribution in [0.25, 0.3) is 22.3 Å². The molecule has 3 saturated carbocycles. The maximum absolute atomic E-state index is 11.9. The topological polar surface area (TPSA) is 211 Å². The third kappa shape index (κ3) is 18.8. The summed E-state index contributed by atoms with van der Waals surface area (Å²) >= 11 is 3.42. The van der Waals surface area contributed by atoms with Crippen molar-refractivity contribution in [3.8, 4) is 39.5 Å². The summed E-state index contributed by atoms with van der Waals surface area (Å²) in [5, 5.41) is 19.3. The molecule has 514 valence electrons. The predicted octanol–water partition coefficient (Wildman–Crippen LogP) is 15.9. The molecule has 0 spiro atoms. The SMILES string of the molecule is COC(=O)C1CC1c1cc(-c2ccc(NCc3cccc(C)c3)nc2)ccc1OC.COC(=O)C1CC1c1cc(Br)ccc1OC.COc1ccc(-c2ccc(NCc3cccc(C)c3)nc2)cc1C1CC1C(=O)O.Cc1cccc(CNc2ccc(B3OC(C)(C)C(C)(C)O3)cn2)c1. The fourth-order valence-corrected chi connectivity index (χ4v) is 12.5. The van der Waals surface area contributed by atoms with E-state index < -0.39 is 5.97 Å². The highest BCUT2D eigenvalue weighted by Crippen LogP contribution is 2.54. The van der Waals surface area contributed by atoms with Crippen molar-refractivity contribution >= 4 is 63.9 Å². The van der Waals surface area contributed by atoms with Crippen LogP contribution in [0.2, 0.25) is 0 Å². The van der Waals surface area contributed by atoms with Crippen LogP contribution >= 0.6 is 15.9 Å². The number of nitrogens with one attached hydrogen (secondary N) is 3. The zero-order chi connectivity index (χ0) is 70.5. The Labute approximate surface area is 590 Å². The number of methoxy groups -OCH3 is 5. The lowest BCUT2D eigenvalue weighted by atomic mass is 9.80. The van der Waals surface area contributed by atoms with Gasteiger partial charge in [0.2, 0.25) is 0 Å². The summed E-state index contributed by atoms with van der Waals surface area (Å²) in [6.45, 7) is 16.7. The van der Waals surface area contributed by atoms with Crippen molar-refractivity contribution in [2.75, 3.05) is 51.5 Å². The number of ether oxygens (including phenoxy) is 5. The molecule has 19 heteroatoms. The van der Waals surface area contributed by atoms with Crippen molar-refractivity contribution in [2.24, 2.45) is 17.8 Å². The lowest BCUT2D eigenvalue weighted by Crippen LogP contribution is -2.41. The van der Waals surface area contributed by atoms with Gasteiger partial charge in [-0.2, -0.15) is 0 Å². The number of carbonyl (C=O) groups excluding carboxylic acids is 2. The first-order valence-electron chi connectivity index (χ1n) is 33.3. The maximum atomic E-state index is 11.9. The van der Waals surface area contributed by atoms with Gasteiger partial charge >= 0.3 is 25.0 Å². The van der Waals surface area contributed by atoms with E-state index in [2.05, 4.69) is 180 Å². The normalized spacial score (nSPS) is 18.6. The average Bonchev–Trinajstić information content (AvgIpc) is 1.66. The van der Waals surface area contributed by atoms with Crippen LogP contribution in [0.3, 0.4) is 0 Å².